The van der Waals surface area contributed by atoms with Crippen LogP contribution < -0.4 is 10.9 Å². The van der Waals surface area contributed by atoms with Crippen molar-refractivity contribution >= 4 is 12.2 Å². The molecular weight excluding hydrogens is 727 g/mol. The Morgan fingerprint density at radius 2 is 0.939 bits per heavy atom. The lowest BCUT2D eigenvalue weighted by atomic mass is 9.66. The standard InChI is InChI=1S/C26H31F17N2O4/c27-19(28,20(29,30)21(31,32)22(33,34)23(35,36)24(37,38)25(39,40)26(41,42)43)12-11-15(49-18(48)45-44-17(46)47)16(13-7-3-1-4-8-13)14-9-5-2-6-10-14/h13-16,44H,1-12H2,(H,45,48)(H,46,47). The lowest BCUT2D eigenvalue weighted by molar-refractivity contribution is -0.461. The van der Waals surface area contributed by atoms with Crippen LogP contribution in [0.5, 0.6) is 0 Å². The molecule has 49 heavy (non-hydrogen) atoms. The van der Waals surface area contributed by atoms with E-state index in [1.54, 1.807) is 0 Å². The van der Waals surface area contributed by atoms with Crippen LogP contribution in [0.25, 0.3) is 0 Å². The van der Waals surface area contributed by atoms with E-state index in [1.165, 1.54) is 10.9 Å². The van der Waals surface area contributed by atoms with Crippen molar-refractivity contribution in [2.45, 2.75) is 131 Å². The van der Waals surface area contributed by atoms with Crippen LogP contribution in [0.4, 0.5) is 84.2 Å². The highest BCUT2D eigenvalue weighted by atomic mass is 19.4. The number of rotatable bonds is 13. The van der Waals surface area contributed by atoms with Crippen molar-refractivity contribution in [1.29, 1.82) is 0 Å². The van der Waals surface area contributed by atoms with Crippen LogP contribution in [-0.4, -0.2) is 71.0 Å². The monoisotopic (exact) mass is 758 g/mol. The number of carbonyl (C=O) groups is 2. The van der Waals surface area contributed by atoms with Crippen molar-refractivity contribution < 1.29 is 94.1 Å². The minimum absolute atomic E-state index is 0.346. The lowest BCUT2D eigenvalue weighted by Gasteiger charge is -2.44. The molecule has 2 fully saturated rings. The summed E-state index contributed by atoms with van der Waals surface area (Å²) in [5, 5.41) is 8.65. The van der Waals surface area contributed by atoms with Crippen molar-refractivity contribution in [2.24, 2.45) is 17.8 Å². The molecule has 0 aromatic carbocycles. The van der Waals surface area contributed by atoms with Gasteiger partial charge in [-0.2, -0.15) is 74.6 Å². The van der Waals surface area contributed by atoms with Crippen LogP contribution >= 0.6 is 0 Å². The maximum atomic E-state index is 14.9. The summed E-state index contributed by atoms with van der Waals surface area (Å²) < 4.78 is 239. The molecule has 2 saturated carbocycles. The topological polar surface area (TPSA) is 87.7 Å². The molecule has 2 rings (SSSR count). The molecular formula is C26H31F17N2O4. The molecule has 2 aliphatic carbocycles. The fraction of sp³-hybridized carbons (Fsp3) is 0.923. The Hall–Kier alpha value is -2.65. The van der Waals surface area contributed by atoms with Crippen LogP contribution in [0.15, 0.2) is 0 Å². The molecule has 0 bridgehead atoms. The molecule has 0 radical (unpaired) electrons. The Labute approximate surface area is 266 Å². The summed E-state index contributed by atoms with van der Waals surface area (Å²) in [7, 11) is 0. The van der Waals surface area contributed by atoms with Gasteiger partial charge in [0.25, 0.3) is 0 Å². The molecule has 0 aromatic heterocycles. The number of ether oxygens (including phenoxy) is 1. The van der Waals surface area contributed by atoms with Gasteiger partial charge in [-0.05, 0) is 18.3 Å². The fourth-order valence-electron chi connectivity index (χ4n) is 6.31. The lowest BCUT2D eigenvalue weighted by Crippen LogP contribution is -2.74. The normalized spacial score (nSPS) is 19.5. The number of hydrazine groups is 1. The number of alkyl halides is 17. The smallest absolute Gasteiger partial charge is 0.460 e. The predicted molar refractivity (Wildman–Crippen MR) is 131 cm³/mol. The molecule has 0 aromatic rings. The molecule has 1 atom stereocenters. The van der Waals surface area contributed by atoms with Crippen LogP contribution in [0.3, 0.4) is 0 Å². The highest BCUT2D eigenvalue weighted by Gasteiger charge is 2.95. The highest BCUT2D eigenvalue weighted by Crippen LogP contribution is 2.64. The Balaban J connectivity index is 2.52. The van der Waals surface area contributed by atoms with Gasteiger partial charge in [-0.25, -0.2) is 20.4 Å². The van der Waals surface area contributed by atoms with Crippen molar-refractivity contribution in [3.63, 3.8) is 0 Å². The quantitative estimate of drug-likeness (QED) is 0.129. The summed E-state index contributed by atoms with van der Waals surface area (Å²) in [4.78, 5) is 23.0. The van der Waals surface area contributed by atoms with Crippen molar-refractivity contribution in [2.75, 3.05) is 0 Å². The first kappa shape index (κ1) is 42.5. The average molecular weight is 759 g/mol. The Kier molecular flexibility index (Phi) is 12.6. The van der Waals surface area contributed by atoms with E-state index in [1.807, 2.05) is 0 Å². The van der Waals surface area contributed by atoms with Crippen LogP contribution in [0.2, 0.25) is 0 Å². The van der Waals surface area contributed by atoms with E-state index in [-0.39, 0.29) is 0 Å². The molecule has 2 amide bonds. The zero-order chi connectivity index (χ0) is 38.1. The van der Waals surface area contributed by atoms with E-state index >= 15 is 0 Å². The number of halogens is 17. The van der Waals surface area contributed by atoms with E-state index in [9.17, 15) is 84.2 Å². The third-order valence-corrected chi connectivity index (χ3v) is 8.88. The van der Waals surface area contributed by atoms with Crippen molar-refractivity contribution in [1.82, 2.24) is 10.9 Å². The molecule has 0 spiro atoms. The summed E-state index contributed by atoms with van der Waals surface area (Å²) in [5.74, 6) is -59.2. The third-order valence-electron chi connectivity index (χ3n) is 8.88. The largest absolute Gasteiger partial charge is 0.464 e. The van der Waals surface area contributed by atoms with Crippen LogP contribution in [0.1, 0.15) is 77.0 Å². The average Bonchev–Trinajstić information content (AvgIpc) is 2.98. The number of hydrogen-bond acceptors (Lipinski definition) is 3. The van der Waals surface area contributed by atoms with Gasteiger partial charge in [-0.3, -0.25) is 0 Å². The van der Waals surface area contributed by atoms with Gasteiger partial charge >= 0.3 is 59.8 Å². The number of carboxylic acid groups (broad SMARTS) is 1. The van der Waals surface area contributed by atoms with Gasteiger partial charge in [0, 0.05) is 12.3 Å². The molecule has 6 nitrogen and oxygen atoms in total. The summed E-state index contributed by atoms with van der Waals surface area (Å²) in [6, 6.07) is 0. The maximum absolute atomic E-state index is 14.9. The molecule has 3 N–H and O–H groups in total. The fourth-order valence-corrected chi connectivity index (χ4v) is 6.31. The SMILES string of the molecule is O=C(O)NNC(=O)OC(CCC(F)(F)C(F)(F)C(F)(F)C(F)(F)C(F)(F)C(F)(F)C(F)(F)C(F)(F)F)C(C1CCCCC1)C1CCCCC1. The molecule has 2 aliphatic rings. The predicted octanol–water partition coefficient (Wildman–Crippen LogP) is 9.83. The van der Waals surface area contributed by atoms with Gasteiger partial charge < -0.3 is 9.84 Å². The van der Waals surface area contributed by atoms with Crippen molar-refractivity contribution in [3.8, 4) is 0 Å². The van der Waals surface area contributed by atoms with Gasteiger partial charge in [-0.1, -0.05) is 64.2 Å². The number of carbonyl (C=O) groups excluding carboxylic acids is 1. The van der Waals surface area contributed by atoms with Gasteiger partial charge in [-0.15, -0.1) is 0 Å². The summed E-state index contributed by atoms with van der Waals surface area (Å²) in [5.41, 5.74) is 2.75. The minimum Gasteiger partial charge on any atom is -0.464 e. The first-order valence-electron chi connectivity index (χ1n) is 14.7. The van der Waals surface area contributed by atoms with Crippen LogP contribution in [-0.2, 0) is 4.74 Å². The van der Waals surface area contributed by atoms with Gasteiger partial charge in [0.2, 0.25) is 0 Å². The Morgan fingerprint density at radius 1 is 0.571 bits per heavy atom. The first-order valence-corrected chi connectivity index (χ1v) is 14.7. The molecule has 288 valence electrons. The van der Waals surface area contributed by atoms with Crippen LogP contribution in [0, 0.1) is 17.8 Å². The second-order valence-electron chi connectivity index (χ2n) is 12.1. The third kappa shape index (κ3) is 7.98. The Morgan fingerprint density at radius 3 is 1.31 bits per heavy atom. The minimum atomic E-state index is -8.73. The molecule has 0 saturated heterocycles. The molecule has 23 heteroatoms. The zero-order valence-electron chi connectivity index (χ0n) is 24.9. The molecule has 1 unspecified atom stereocenters. The second kappa shape index (κ2) is 14.5. The summed E-state index contributed by atoms with van der Waals surface area (Å²) >= 11 is 0. The van der Waals surface area contributed by atoms with E-state index in [2.05, 4.69) is 0 Å². The number of nitrogens with one attached hydrogen (secondary N) is 2. The van der Waals surface area contributed by atoms with Gasteiger partial charge in [0.05, 0.1) is 0 Å². The molecule has 0 aliphatic heterocycles. The van der Waals surface area contributed by atoms with Gasteiger partial charge in [0.1, 0.15) is 6.10 Å². The number of hydrogen-bond donors (Lipinski definition) is 3. The summed E-state index contributed by atoms with van der Waals surface area (Å²) in [6.45, 7) is 0. The van der Waals surface area contributed by atoms with Gasteiger partial charge in [0.15, 0.2) is 0 Å². The summed E-state index contributed by atoms with van der Waals surface area (Å²) in [6.07, 6.45) is -12.9. The Bertz CT molecular complexity index is 1120. The zero-order valence-corrected chi connectivity index (χ0v) is 24.9. The first-order chi connectivity index (χ1) is 22.0. The second-order valence-corrected chi connectivity index (χ2v) is 12.1. The van der Waals surface area contributed by atoms with E-state index < -0.39 is 96.5 Å². The number of amides is 2. The maximum Gasteiger partial charge on any atom is 0.460 e. The molecule has 0 heterocycles. The van der Waals surface area contributed by atoms with E-state index in [0.29, 0.717) is 64.2 Å². The highest BCUT2D eigenvalue weighted by molar-refractivity contribution is 5.72. The van der Waals surface area contributed by atoms with Crippen molar-refractivity contribution in [3.05, 3.63) is 0 Å². The van der Waals surface area contributed by atoms with E-state index in [4.69, 9.17) is 9.84 Å². The van der Waals surface area contributed by atoms with E-state index in [0.717, 1.165) is 0 Å².